The Labute approximate surface area is 119 Å². The molecule has 2 rings (SSSR count). The van der Waals surface area contributed by atoms with E-state index < -0.39 is 17.7 Å². The first-order valence-corrected chi connectivity index (χ1v) is 6.01. The maximum atomic E-state index is 13.8. The Morgan fingerprint density at radius 1 is 1.57 bits per heavy atom. The van der Waals surface area contributed by atoms with Crippen molar-refractivity contribution in [3.8, 4) is 5.75 Å². The third-order valence-corrected chi connectivity index (χ3v) is 2.92. The maximum Gasteiger partial charge on any atom is 0.304 e. The summed E-state index contributed by atoms with van der Waals surface area (Å²) >= 11 is 0. The lowest BCUT2D eigenvalue weighted by atomic mass is 9.95. The number of carbonyl (C=O) groups is 2. The number of hydrogen-bond acceptors (Lipinski definition) is 5. The number of carbonyl (C=O) groups excluding carboxylic acids is 1. The number of hydrogen-bond donors (Lipinski definition) is 1. The zero-order valence-corrected chi connectivity index (χ0v) is 11.1. The summed E-state index contributed by atoms with van der Waals surface area (Å²) in [5.41, 5.74) is 0.421. The van der Waals surface area contributed by atoms with Crippen molar-refractivity contribution in [3.63, 3.8) is 0 Å². The number of ether oxygens (including phenoxy) is 1. The lowest BCUT2D eigenvalue weighted by molar-refractivity contribution is -0.137. The van der Waals surface area contributed by atoms with Gasteiger partial charge in [-0.15, -0.1) is 0 Å². The van der Waals surface area contributed by atoms with E-state index in [2.05, 4.69) is 4.98 Å². The quantitative estimate of drug-likeness (QED) is 0.821. The molecule has 1 N–H and O–H groups in total. The summed E-state index contributed by atoms with van der Waals surface area (Å²) in [6.07, 6.45) is 1.26. The minimum Gasteiger partial charge on any atom is -0.494 e. The van der Waals surface area contributed by atoms with Gasteiger partial charge in [0.15, 0.2) is 17.9 Å². The normalized spacial score (nSPS) is 11.9. The largest absolute Gasteiger partial charge is 0.494 e. The Bertz CT molecular complexity index is 667. The van der Waals surface area contributed by atoms with Crippen LogP contribution in [0.25, 0.3) is 0 Å². The van der Waals surface area contributed by atoms with Crippen LogP contribution in [-0.2, 0) is 4.79 Å². The summed E-state index contributed by atoms with van der Waals surface area (Å²) in [5, 5.41) is 8.98. The topological polar surface area (TPSA) is 89.6 Å². The Morgan fingerprint density at radius 3 is 2.86 bits per heavy atom. The zero-order chi connectivity index (χ0) is 15.4. The molecule has 0 fully saturated rings. The van der Waals surface area contributed by atoms with E-state index in [0.717, 1.165) is 12.3 Å². The van der Waals surface area contributed by atoms with E-state index in [4.69, 9.17) is 14.3 Å². The average molecular weight is 293 g/mol. The van der Waals surface area contributed by atoms with Gasteiger partial charge in [0, 0.05) is 0 Å². The second-order valence-electron chi connectivity index (χ2n) is 4.27. The number of aromatic nitrogens is 1. The van der Waals surface area contributed by atoms with Crippen molar-refractivity contribution in [2.24, 2.45) is 0 Å². The molecular formula is C14H12FNO5. The highest BCUT2D eigenvalue weighted by molar-refractivity contribution is 5.71. The molecule has 110 valence electrons. The molecule has 0 aliphatic heterocycles. The summed E-state index contributed by atoms with van der Waals surface area (Å²) in [6.45, 7) is 0. The van der Waals surface area contributed by atoms with Gasteiger partial charge in [0.1, 0.15) is 12.0 Å². The number of halogens is 1. The highest BCUT2D eigenvalue weighted by Gasteiger charge is 2.24. The first-order valence-electron chi connectivity index (χ1n) is 6.01. The second-order valence-corrected chi connectivity index (χ2v) is 4.27. The molecule has 0 aliphatic carbocycles. The predicted octanol–water partition coefficient (Wildman–Crippen LogP) is 2.24. The third kappa shape index (κ3) is 3.25. The van der Waals surface area contributed by atoms with Gasteiger partial charge in [-0.2, -0.15) is 0 Å². The van der Waals surface area contributed by atoms with Crippen LogP contribution in [0.2, 0.25) is 0 Å². The van der Waals surface area contributed by atoms with Gasteiger partial charge in [0.2, 0.25) is 5.89 Å². The average Bonchev–Trinajstić information content (AvgIpc) is 2.93. The van der Waals surface area contributed by atoms with Gasteiger partial charge in [-0.05, 0) is 17.7 Å². The summed E-state index contributed by atoms with van der Waals surface area (Å²) in [4.78, 5) is 25.5. The van der Waals surface area contributed by atoms with Crippen molar-refractivity contribution >= 4 is 12.3 Å². The maximum absolute atomic E-state index is 13.8. The number of methoxy groups -OCH3 is 1. The Kier molecular flexibility index (Phi) is 4.32. The van der Waals surface area contributed by atoms with Crippen LogP contribution in [0.4, 0.5) is 4.39 Å². The smallest absolute Gasteiger partial charge is 0.304 e. The van der Waals surface area contributed by atoms with E-state index in [1.54, 1.807) is 0 Å². The fourth-order valence-electron chi connectivity index (χ4n) is 1.94. The highest BCUT2D eigenvalue weighted by Crippen LogP contribution is 2.30. The number of carboxylic acid groups (broad SMARTS) is 1. The molecule has 1 unspecified atom stereocenters. The van der Waals surface area contributed by atoms with Crippen molar-refractivity contribution in [1.82, 2.24) is 4.98 Å². The SMILES string of the molecule is COc1ccc(C(CC(=O)O)c2nc(C=O)co2)cc1F. The molecule has 1 aromatic heterocycles. The van der Waals surface area contributed by atoms with Crippen LogP contribution in [0.3, 0.4) is 0 Å². The van der Waals surface area contributed by atoms with E-state index >= 15 is 0 Å². The second kappa shape index (κ2) is 6.17. The van der Waals surface area contributed by atoms with Crippen LogP contribution in [0, 0.1) is 5.82 Å². The molecule has 0 radical (unpaired) electrons. The predicted molar refractivity (Wildman–Crippen MR) is 68.9 cm³/mol. The lowest BCUT2D eigenvalue weighted by Gasteiger charge is -2.12. The summed E-state index contributed by atoms with van der Waals surface area (Å²) in [5.74, 6) is -2.41. The first-order chi connectivity index (χ1) is 10.0. The number of carboxylic acids is 1. The Morgan fingerprint density at radius 2 is 2.33 bits per heavy atom. The fraction of sp³-hybridized carbons (Fsp3) is 0.214. The monoisotopic (exact) mass is 293 g/mol. The van der Waals surface area contributed by atoms with Gasteiger partial charge in [-0.3, -0.25) is 9.59 Å². The number of benzene rings is 1. The standard InChI is InChI=1S/C14H12FNO5/c1-20-12-3-2-8(4-11(12)15)10(5-13(18)19)14-16-9(6-17)7-21-14/h2-4,6-7,10H,5H2,1H3,(H,18,19). The van der Waals surface area contributed by atoms with Crippen molar-refractivity contribution < 1.29 is 28.2 Å². The first kappa shape index (κ1) is 14.7. The molecule has 0 spiro atoms. The van der Waals surface area contributed by atoms with E-state index in [-0.39, 0.29) is 23.8 Å². The van der Waals surface area contributed by atoms with E-state index in [1.807, 2.05) is 0 Å². The summed E-state index contributed by atoms with van der Waals surface area (Å²) in [7, 11) is 1.33. The highest BCUT2D eigenvalue weighted by atomic mass is 19.1. The Balaban J connectivity index is 2.42. The summed E-state index contributed by atoms with van der Waals surface area (Å²) < 4.78 is 23.7. The van der Waals surface area contributed by atoms with Crippen LogP contribution in [0.5, 0.6) is 5.75 Å². The molecule has 2 aromatic rings. The van der Waals surface area contributed by atoms with Gasteiger partial charge in [-0.1, -0.05) is 6.07 Å². The minimum absolute atomic E-state index is 0.0454. The van der Waals surface area contributed by atoms with Gasteiger partial charge in [0.25, 0.3) is 0 Å². The molecule has 7 heteroatoms. The van der Waals surface area contributed by atoms with Crippen molar-refractivity contribution in [3.05, 3.63) is 47.4 Å². The number of aldehydes is 1. The van der Waals surface area contributed by atoms with Crippen LogP contribution in [0.1, 0.15) is 34.3 Å². The summed E-state index contributed by atoms with van der Waals surface area (Å²) in [6, 6.07) is 4.08. The molecular weight excluding hydrogens is 281 g/mol. The van der Waals surface area contributed by atoms with Crippen LogP contribution in [0.15, 0.2) is 28.9 Å². The zero-order valence-electron chi connectivity index (χ0n) is 11.1. The number of oxazole rings is 1. The van der Waals surface area contributed by atoms with Gasteiger partial charge in [0.05, 0.1) is 19.4 Å². The molecule has 0 saturated heterocycles. The number of aliphatic carboxylic acids is 1. The number of rotatable bonds is 6. The molecule has 0 bridgehead atoms. The van der Waals surface area contributed by atoms with Crippen LogP contribution < -0.4 is 4.74 Å². The minimum atomic E-state index is -1.10. The van der Waals surface area contributed by atoms with Crippen molar-refractivity contribution in [2.45, 2.75) is 12.3 Å². The molecule has 1 atom stereocenters. The van der Waals surface area contributed by atoms with E-state index in [9.17, 15) is 14.0 Å². The van der Waals surface area contributed by atoms with Crippen molar-refractivity contribution in [1.29, 1.82) is 0 Å². The van der Waals surface area contributed by atoms with Crippen LogP contribution in [-0.4, -0.2) is 29.5 Å². The van der Waals surface area contributed by atoms with Crippen LogP contribution >= 0.6 is 0 Å². The molecule has 21 heavy (non-hydrogen) atoms. The number of nitrogens with zero attached hydrogens (tertiary/aromatic N) is 1. The molecule has 0 saturated carbocycles. The van der Waals surface area contributed by atoms with Gasteiger partial charge in [-0.25, -0.2) is 9.37 Å². The molecule has 6 nitrogen and oxygen atoms in total. The van der Waals surface area contributed by atoms with Crippen molar-refractivity contribution in [2.75, 3.05) is 7.11 Å². The lowest BCUT2D eigenvalue weighted by Crippen LogP contribution is -2.09. The molecule has 1 heterocycles. The van der Waals surface area contributed by atoms with Gasteiger partial charge < -0.3 is 14.3 Å². The van der Waals surface area contributed by atoms with Gasteiger partial charge >= 0.3 is 5.97 Å². The third-order valence-electron chi connectivity index (χ3n) is 2.92. The van der Waals surface area contributed by atoms with E-state index in [1.165, 1.54) is 19.2 Å². The fourth-order valence-corrected chi connectivity index (χ4v) is 1.94. The van der Waals surface area contributed by atoms with E-state index in [0.29, 0.717) is 11.8 Å². The Hall–Kier alpha value is -2.70. The molecule has 1 aromatic carbocycles. The molecule has 0 amide bonds. The molecule has 0 aliphatic rings.